The molecule has 0 saturated heterocycles. The molecule has 0 unspecified atom stereocenters. The van der Waals surface area contributed by atoms with Crippen LogP contribution in [0.4, 0.5) is 0 Å². The van der Waals surface area contributed by atoms with E-state index >= 15 is 0 Å². The Morgan fingerprint density at radius 1 is 1.15 bits per heavy atom. The maximum Gasteiger partial charge on any atom is 0.309 e. The number of ether oxygens (including phenoxy) is 1. The summed E-state index contributed by atoms with van der Waals surface area (Å²) in [6.07, 6.45) is 17.4. The van der Waals surface area contributed by atoms with E-state index in [1.165, 1.54) is 57.8 Å². The van der Waals surface area contributed by atoms with Crippen LogP contribution in [0.15, 0.2) is 23.3 Å². The van der Waals surface area contributed by atoms with Gasteiger partial charge in [-0.05, 0) is 86.9 Å². The summed E-state index contributed by atoms with van der Waals surface area (Å²) in [5.41, 5.74) is 4.16. The third-order valence-corrected chi connectivity index (χ3v) is 8.69. The summed E-state index contributed by atoms with van der Waals surface area (Å²) < 4.78 is 5.14. The van der Waals surface area contributed by atoms with Crippen LogP contribution in [-0.2, 0) is 9.53 Å². The summed E-state index contributed by atoms with van der Waals surface area (Å²) in [6.45, 7) is 7.46. The number of rotatable bonds is 3. The normalized spacial score (nSPS) is 43.3. The van der Waals surface area contributed by atoms with Gasteiger partial charge in [0.25, 0.3) is 0 Å². The van der Waals surface area contributed by atoms with Gasteiger partial charge < -0.3 is 4.74 Å². The lowest BCUT2D eigenvalue weighted by atomic mass is 9.48. The second-order valence-corrected chi connectivity index (χ2v) is 9.70. The number of fused-ring (bicyclic) bond motifs is 5. The molecule has 2 nitrogen and oxygen atoms in total. The highest BCUT2D eigenvalue weighted by atomic mass is 16.5. The van der Waals surface area contributed by atoms with Crippen LogP contribution in [0.2, 0.25) is 0 Å². The first-order chi connectivity index (χ1) is 12.5. The molecule has 0 heterocycles. The maximum absolute atomic E-state index is 11.8. The molecule has 0 amide bonds. The molecular formula is C24H36O2. The van der Waals surface area contributed by atoms with Crippen LogP contribution >= 0.6 is 0 Å². The summed E-state index contributed by atoms with van der Waals surface area (Å²) >= 11 is 0. The van der Waals surface area contributed by atoms with Crippen molar-refractivity contribution >= 4 is 5.97 Å². The van der Waals surface area contributed by atoms with Gasteiger partial charge in [-0.15, -0.1) is 0 Å². The molecule has 144 valence electrons. The van der Waals surface area contributed by atoms with Crippen LogP contribution in [0, 0.1) is 28.6 Å². The third-order valence-electron chi connectivity index (χ3n) is 8.69. The van der Waals surface area contributed by atoms with Crippen LogP contribution in [-0.4, -0.2) is 12.6 Å². The van der Waals surface area contributed by atoms with Gasteiger partial charge in [0.05, 0.1) is 13.0 Å². The van der Waals surface area contributed by atoms with Crippen LogP contribution in [0.1, 0.15) is 85.0 Å². The van der Waals surface area contributed by atoms with Gasteiger partial charge in [0.2, 0.25) is 0 Å². The minimum atomic E-state index is -0.0688. The van der Waals surface area contributed by atoms with Crippen LogP contribution in [0.25, 0.3) is 0 Å². The minimum Gasteiger partial charge on any atom is -0.466 e. The lowest BCUT2D eigenvalue weighted by Crippen LogP contribution is -2.48. The Balaban J connectivity index is 1.56. The standard InChI is InChI=1S/C24H36O2/c1-4-26-22(25)13-10-18-9-12-20-19-11-8-17-7-5-6-15-23(17,2)21(19)14-16-24(18,20)3/h8,10,19-21H,4-7,9,11-16H2,1-3H3/t19-,20-,21-,23-,24+/m0/s1. The van der Waals surface area contributed by atoms with Gasteiger partial charge in [-0.25, -0.2) is 0 Å². The first-order valence-corrected chi connectivity index (χ1v) is 11.0. The molecule has 0 aromatic heterocycles. The lowest BCUT2D eigenvalue weighted by Gasteiger charge is -2.57. The van der Waals surface area contributed by atoms with E-state index in [4.69, 9.17) is 4.74 Å². The predicted octanol–water partition coefficient (Wildman–Crippen LogP) is 6.22. The largest absolute Gasteiger partial charge is 0.466 e. The molecule has 26 heavy (non-hydrogen) atoms. The lowest BCUT2D eigenvalue weighted by molar-refractivity contribution is -0.142. The molecule has 0 aliphatic heterocycles. The summed E-state index contributed by atoms with van der Waals surface area (Å²) in [5, 5.41) is 0. The maximum atomic E-state index is 11.8. The van der Waals surface area contributed by atoms with E-state index in [-0.39, 0.29) is 5.97 Å². The summed E-state index contributed by atoms with van der Waals surface area (Å²) in [6, 6.07) is 0. The van der Waals surface area contributed by atoms with Gasteiger partial charge in [0, 0.05) is 0 Å². The van der Waals surface area contributed by atoms with Crippen LogP contribution in [0.5, 0.6) is 0 Å². The molecule has 0 radical (unpaired) electrons. The fraction of sp³-hybridized carbons (Fsp3) is 0.792. The zero-order valence-corrected chi connectivity index (χ0v) is 17.0. The summed E-state index contributed by atoms with van der Waals surface area (Å²) in [5.74, 6) is 2.49. The van der Waals surface area contributed by atoms with Crippen molar-refractivity contribution in [1.82, 2.24) is 0 Å². The molecule has 0 bridgehead atoms. The number of hydrogen-bond donors (Lipinski definition) is 0. The summed E-state index contributed by atoms with van der Waals surface area (Å²) in [7, 11) is 0. The monoisotopic (exact) mass is 356 g/mol. The molecular weight excluding hydrogens is 320 g/mol. The molecule has 0 aromatic carbocycles. The molecule has 0 aromatic rings. The van der Waals surface area contributed by atoms with Crippen LogP contribution < -0.4 is 0 Å². The molecule has 0 N–H and O–H groups in total. The van der Waals surface area contributed by atoms with Crippen molar-refractivity contribution in [2.24, 2.45) is 28.6 Å². The Labute approximate surface area is 159 Å². The predicted molar refractivity (Wildman–Crippen MR) is 106 cm³/mol. The van der Waals surface area contributed by atoms with Gasteiger partial charge in [-0.3, -0.25) is 4.79 Å². The number of allylic oxidation sites excluding steroid dienone is 3. The smallest absolute Gasteiger partial charge is 0.309 e. The Morgan fingerprint density at radius 2 is 1.96 bits per heavy atom. The Bertz CT molecular complexity index is 630. The number of esters is 1. The first-order valence-electron chi connectivity index (χ1n) is 11.0. The highest BCUT2D eigenvalue weighted by molar-refractivity contribution is 5.71. The minimum absolute atomic E-state index is 0.0688. The van der Waals surface area contributed by atoms with Gasteiger partial charge in [0.1, 0.15) is 0 Å². The van der Waals surface area contributed by atoms with E-state index in [9.17, 15) is 4.79 Å². The molecule has 4 aliphatic carbocycles. The molecule has 0 spiro atoms. The number of carbonyl (C=O) groups excluding carboxylic acids is 1. The fourth-order valence-corrected chi connectivity index (χ4v) is 7.31. The van der Waals surface area contributed by atoms with E-state index in [0.717, 1.165) is 17.8 Å². The van der Waals surface area contributed by atoms with Crippen LogP contribution in [0.3, 0.4) is 0 Å². The Morgan fingerprint density at radius 3 is 2.77 bits per heavy atom. The van der Waals surface area contributed by atoms with E-state index in [1.807, 2.05) is 6.92 Å². The fourth-order valence-electron chi connectivity index (χ4n) is 7.31. The molecule has 2 heteroatoms. The average molecular weight is 357 g/mol. The van der Waals surface area contributed by atoms with Gasteiger partial charge in [0.15, 0.2) is 0 Å². The van der Waals surface area contributed by atoms with E-state index in [0.29, 0.717) is 23.9 Å². The Hall–Kier alpha value is -1.05. The van der Waals surface area contributed by atoms with E-state index in [1.54, 1.807) is 11.1 Å². The van der Waals surface area contributed by atoms with Crippen molar-refractivity contribution in [3.8, 4) is 0 Å². The zero-order chi connectivity index (χ0) is 18.4. The van der Waals surface area contributed by atoms with Gasteiger partial charge >= 0.3 is 5.97 Å². The molecule has 3 saturated carbocycles. The number of hydrogen-bond acceptors (Lipinski definition) is 2. The first kappa shape index (κ1) is 18.3. The Kier molecular flexibility index (Phi) is 4.82. The van der Waals surface area contributed by atoms with Gasteiger partial charge in [-0.2, -0.15) is 0 Å². The second-order valence-electron chi connectivity index (χ2n) is 9.70. The van der Waals surface area contributed by atoms with Crippen molar-refractivity contribution in [3.05, 3.63) is 23.3 Å². The van der Waals surface area contributed by atoms with Crippen molar-refractivity contribution < 1.29 is 9.53 Å². The molecule has 4 rings (SSSR count). The number of carbonyl (C=O) groups is 1. The van der Waals surface area contributed by atoms with Crippen molar-refractivity contribution in [1.29, 1.82) is 0 Å². The van der Waals surface area contributed by atoms with Crippen molar-refractivity contribution in [2.75, 3.05) is 6.61 Å². The zero-order valence-electron chi connectivity index (χ0n) is 17.0. The molecule has 4 aliphatic rings. The molecule has 5 atom stereocenters. The van der Waals surface area contributed by atoms with E-state index in [2.05, 4.69) is 26.0 Å². The summed E-state index contributed by atoms with van der Waals surface area (Å²) in [4.78, 5) is 11.8. The average Bonchev–Trinajstić information content (AvgIpc) is 2.96. The quantitative estimate of drug-likeness (QED) is 0.443. The highest BCUT2D eigenvalue weighted by Gasteiger charge is 2.56. The molecule has 3 fully saturated rings. The van der Waals surface area contributed by atoms with Gasteiger partial charge in [-0.1, -0.05) is 43.6 Å². The SMILES string of the molecule is CCOC(=O)CC=C1CC[C@H]2[C@@H]3CC=C4CCCC[C@]4(C)[C@H]3CC[C@]12C. The highest BCUT2D eigenvalue weighted by Crippen LogP contribution is 2.66. The third kappa shape index (κ3) is 2.79. The van der Waals surface area contributed by atoms with Crippen molar-refractivity contribution in [3.63, 3.8) is 0 Å². The second kappa shape index (κ2) is 6.84. The topological polar surface area (TPSA) is 26.3 Å². The van der Waals surface area contributed by atoms with E-state index < -0.39 is 0 Å². The van der Waals surface area contributed by atoms with Crippen molar-refractivity contribution in [2.45, 2.75) is 85.0 Å².